The van der Waals surface area contributed by atoms with Gasteiger partial charge in [-0.25, -0.2) is 4.79 Å². The molecule has 0 aliphatic carbocycles. The zero-order chi connectivity index (χ0) is 13.8. The molecule has 19 heavy (non-hydrogen) atoms. The normalized spacial score (nSPS) is 11.9. The van der Waals surface area contributed by atoms with Gasteiger partial charge in [-0.3, -0.25) is 0 Å². The van der Waals surface area contributed by atoms with Crippen molar-refractivity contribution in [3.63, 3.8) is 0 Å². The number of carbonyl (C=O) groups is 1. The molecule has 2 aromatic rings. The fourth-order valence-electron chi connectivity index (χ4n) is 2.07. The summed E-state index contributed by atoms with van der Waals surface area (Å²) < 4.78 is 0. The van der Waals surface area contributed by atoms with E-state index in [4.69, 9.17) is 0 Å². The minimum atomic E-state index is -0.842. The SMILES string of the molecule is Cc1cccc(N(c2ccccc2)[C@@H](C)C(=O)O)c1. The molecule has 0 aliphatic heterocycles. The average molecular weight is 255 g/mol. The van der Waals surface area contributed by atoms with Crippen LogP contribution in [-0.2, 0) is 4.79 Å². The van der Waals surface area contributed by atoms with E-state index in [9.17, 15) is 9.90 Å². The van der Waals surface area contributed by atoms with Gasteiger partial charge in [-0.05, 0) is 43.7 Å². The molecule has 3 nitrogen and oxygen atoms in total. The Morgan fingerprint density at radius 2 is 1.68 bits per heavy atom. The smallest absolute Gasteiger partial charge is 0.326 e. The number of anilines is 2. The van der Waals surface area contributed by atoms with Crippen LogP contribution < -0.4 is 4.90 Å². The Morgan fingerprint density at radius 3 is 2.26 bits per heavy atom. The van der Waals surface area contributed by atoms with E-state index < -0.39 is 12.0 Å². The van der Waals surface area contributed by atoms with Gasteiger partial charge in [-0.2, -0.15) is 0 Å². The molecule has 98 valence electrons. The lowest BCUT2D eigenvalue weighted by Gasteiger charge is -2.29. The van der Waals surface area contributed by atoms with Gasteiger partial charge in [0.05, 0.1) is 0 Å². The van der Waals surface area contributed by atoms with Gasteiger partial charge in [0.15, 0.2) is 0 Å². The number of benzene rings is 2. The first-order valence-electron chi connectivity index (χ1n) is 6.23. The van der Waals surface area contributed by atoms with Gasteiger partial charge in [-0.1, -0.05) is 30.3 Å². The van der Waals surface area contributed by atoms with E-state index in [0.29, 0.717) is 0 Å². The van der Waals surface area contributed by atoms with Gasteiger partial charge >= 0.3 is 5.97 Å². The minimum absolute atomic E-state index is 0.621. The number of nitrogens with zero attached hydrogens (tertiary/aromatic N) is 1. The summed E-state index contributed by atoms with van der Waals surface area (Å²) in [5.41, 5.74) is 2.88. The molecular weight excluding hydrogens is 238 g/mol. The summed E-state index contributed by atoms with van der Waals surface area (Å²) in [5, 5.41) is 9.30. The second-order valence-electron chi connectivity index (χ2n) is 4.56. The van der Waals surface area contributed by atoms with E-state index >= 15 is 0 Å². The van der Waals surface area contributed by atoms with Crippen LogP contribution in [0.4, 0.5) is 11.4 Å². The van der Waals surface area contributed by atoms with Crippen molar-refractivity contribution < 1.29 is 9.90 Å². The summed E-state index contributed by atoms with van der Waals surface area (Å²) in [7, 11) is 0. The van der Waals surface area contributed by atoms with Crippen LogP contribution in [0.1, 0.15) is 12.5 Å². The third-order valence-corrected chi connectivity index (χ3v) is 3.06. The van der Waals surface area contributed by atoms with Gasteiger partial charge in [0, 0.05) is 11.4 Å². The molecule has 0 heterocycles. The van der Waals surface area contributed by atoms with E-state index in [-0.39, 0.29) is 0 Å². The first-order valence-corrected chi connectivity index (χ1v) is 6.23. The molecule has 1 atom stereocenters. The van der Waals surface area contributed by atoms with Gasteiger partial charge in [-0.15, -0.1) is 0 Å². The van der Waals surface area contributed by atoms with Gasteiger partial charge in [0.1, 0.15) is 6.04 Å². The van der Waals surface area contributed by atoms with Crippen LogP contribution in [0.15, 0.2) is 54.6 Å². The molecule has 0 aliphatic rings. The minimum Gasteiger partial charge on any atom is -0.480 e. The maximum absolute atomic E-state index is 11.3. The maximum atomic E-state index is 11.3. The van der Waals surface area contributed by atoms with Crippen molar-refractivity contribution in [3.8, 4) is 0 Å². The number of para-hydroxylation sites is 1. The Kier molecular flexibility index (Phi) is 3.85. The van der Waals surface area contributed by atoms with Crippen LogP contribution in [0.2, 0.25) is 0 Å². The second-order valence-corrected chi connectivity index (χ2v) is 4.56. The Morgan fingerprint density at radius 1 is 1.05 bits per heavy atom. The van der Waals surface area contributed by atoms with Crippen LogP contribution in [-0.4, -0.2) is 17.1 Å². The molecule has 0 aromatic heterocycles. The third-order valence-electron chi connectivity index (χ3n) is 3.06. The van der Waals surface area contributed by atoms with Gasteiger partial charge in [0.2, 0.25) is 0 Å². The first-order chi connectivity index (χ1) is 9.09. The van der Waals surface area contributed by atoms with Crippen LogP contribution in [0.3, 0.4) is 0 Å². The Bertz CT molecular complexity index is 566. The number of carboxylic acid groups (broad SMARTS) is 1. The highest BCUT2D eigenvalue weighted by Gasteiger charge is 2.22. The van der Waals surface area contributed by atoms with Crippen LogP contribution >= 0.6 is 0 Å². The van der Waals surface area contributed by atoms with Crippen molar-refractivity contribution in [2.45, 2.75) is 19.9 Å². The number of aliphatic carboxylic acids is 1. The van der Waals surface area contributed by atoms with Gasteiger partial charge in [0.25, 0.3) is 0 Å². The zero-order valence-corrected chi connectivity index (χ0v) is 11.1. The van der Waals surface area contributed by atoms with E-state index in [1.165, 1.54) is 0 Å². The number of rotatable bonds is 4. The Hall–Kier alpha value is -2.29. The monoisotopic (exact) mass is 255 g/mol. The molecular formula is C16H17NO2. The van der Waals surface area contributed by atoms with Crippen molar-refractivity contribution in [3.05, 3.63) is 60.2 Å². The molecule has 0 radical (unpaired) electrons. The van der Waals surface area contributed by atoms with Gasteiger partial charge < -0.3 is 10.0 Å². The largest absolute Gasteiger partial charge is 0.480 e. The second kappa shape index (κ2) is 5.57. The summed E-state index contributed by atoms with van der Waals surface area (Å²) in [6.07, 6.45) is 0. The topological polar surface area (TPSA) is 40.5 Å². The maximum Gasteiger partial charge on any atom is 0.326 e. The number of carboxylic acids is 1. The predicted molar refractivity (Wildman–Crippen MR) is 76.9 cm³/mol. The molecule has 2 rings (SSSR count). The highest BCUT2D eigenvalue weighted by atomic mass is 16.4. The fourth-order valence-corrected chi connectivity index (χ4v) is 2.07. The highest BCUT2D eigenvalue weighted by Crippen LogP contribution is 2.28. The number of hydrogen-bond donors (Lipinski definition) is 1. The molecule has 0 unspecified atom stereocenters. The van der Waals surface area contributed by atoms with Crippen molar-refractivity contribution in [1.82, 2.24) is 0 Å². The third kappa shape index (κ3) is 2.94. The summed E-state index contributed by atoms with van der Waals surface area (Å²) >= 11 is 0. The summed E-state index contributed by atoms with van der Waals surface area (Å²) in [6, 6.07) is 16.8. The summed E-state index contributed by atoms with van der Waals surface area (Å²) in [5.74, 6) is -0.842. The molecule has 0 amide bonds. The highest BCUT2D eigenvalue weighted by molar-refractivity contribution is 5.82. The van der Waals surface area contributed by atoms with E-state index in [0.717, 1.165) is 16.9 Å². The molecule has 3 heteroatoms. The van der Waals surface area contributed by atoms with Crippen molar-refractivity contribution >= 4 is 17.3 Å². The average Bonchev–Trinajstić information content (AvgIpc) is 2.40. The summed E-state index contributed by atoms with van der Waals surface area (Å²) in [4.78, 5) is 13.2. The zero-order valence-electron chi connectivity index (χ0n) is 11.1. The van der Waals surface area contributed by atoms with Crippen LogP contribution in [0, 0.1) is 6.92 Å². The first kappa shape index (κ1) is 13.1. The van der Waals surface area contributed by atoms with E-state index in [1.54, 1.807) is 6.92 Å². The number of hydrogen-bond acceptors (Lipinski definition) is 2. The van der Waals surface area contributed by atoms with E-state index in [1.807, 2.05) is 66.4 Å². The molecule has 0 bridgehead atoms. The molecule has 0 saturated carbocycles. The Labute approximate surface area is 113 Å². The predicted octanol–water partition coefficient (Wildman–Crippen LogP) is 3.61. The lowest BCUT2D eigenvalue weighted by atomic mass is 10.1. The quantitative estimate of drug-likeness (QED) is 0.907. The lowest BCUT2D eigenvalue weighted by molar-refractivity contribution is -0.137. The molecule has 0 fully saturated rings. The summed E-state index contributed by atoms with van der Waals surface area (Å²) in [6.45, 7) is 3.69. The molecule has 0 saturated heterocycles. The number of aryl methyl sites for hydroxylation is 1. The molecule has 2 aromatic carbocycles. The molecule has 0 spiro atoms. The molecule has 1 N–H and O–H groups in total. The Balaban J connectivity index is 2.49. The van der Waals surface area contributed by atoms with Crippen molar-refractivity contribution in [2.24, 2.45) is 0 Å². The van der Waals surface area contributed by atoms with Crippen molar-refractivity contribution in [2.75, 3.05) is 4.90 Å². The van der Waals surface area contributed by atoms with Crippen LogP contribution in [0.5, 0.6) is 0 Å². The van der Waals surface area contributed by atoms with Crippen molar-refractivity contribution in [1.29, 1.82) is 0 Å². The van der Waals surface area contributed by atoms with E-state index in [2.05, 4.69) is 0 Å². The van der Waals surface area contributed by atoms with Crippen LogP contribution in [0.25, 0.3) is 0 Å². The fraction of sp³-hybridized carbons (Fsp3) is 0.188. The standard InChI is InChI=1S/C16H17NO2/c1-12-7-6-10-15(11-12)17(13(2)16(18)19)14-8-4-3-5-9-14/h3-11,13H,1-2H3,(H,18,19)/t13-/m0/s1. The lowest BCUT2D eigenvalue weighted by Crippen LogP contribution is -2.35.